The minimum atomic E-state index is -0.00208. The predicted octanol–water partition coefficient (Wildman–Crippen LogP) is 3.13. The minimum Gasteiger partial charge on any atom is -0.377 e. The Hall–Kier alpha value is -0.120. The molecule has 1 N–H and O–H groups in total. The van der Waals surface area contributed by atoms with Crippen LogP contribution in [0.25, 0.3) is 0 Å². The van der Waals surface area contributed by atoms with E-state index in [-0.39, 0.29) is 11.7 Å². The summed E-state index contributed by atoms with van der Waals surface area (Å²) >= 11 is 0. The Labute approximate surface area is 113 Å². The lowest BCUT2D eigenvalue weighted by Crippen LogP contribution is -2.56. The molecule has 0 amide bonds. The highest BCUT2D eigenvalue weighted by Gasteiger charge is 2.40. The monoisotopic (exact) mass is 257 g/mol. The van der Waals surface area contributed by atoms with Crippen LogP contribution in [0, 0.1) is 0 Å². The van der Waals surface area contributed by atoms with Gasteiger partial charge in [0.1, 0.15) is 0 Å². The van der Waals surface area contributed by atoms with E-state index in [1.165, 1.54) is 32.1 Å². The first kappa shape index (κ1) is 15.9. The molecule has 0 aromatic heterocycles. The molecule has 0 aliphatic heterocycles. The second-order valence-corrected chi connectivity index (χ2v) is 5.55. The predicted molar refractivity (Wildman–Crippen MR) is 76.0 cm³/mol. The van der Waals surface area contributed by atoms with Crippen molar-refractivity contribution in [3.05, 3.63) is 0 Å². The maximum Gasteiger partial charge on any atom is 0.0857 e. The average molecular weight is 257 g/mol. The van der Waals surface area contributed by atoms with Crippen LogP contribution < -0.4 is 5.32 Å². The second kappa shape index (κ2) is 8.13. The van der Waals surface area contributed by atoms with Gasteiger partial charge in [-0.15, -0.1) is 0 Å². The number of nitrogens with one attached hydrogen (secondary N) is 1. The molecule has 3 heteroatoms. The van der Waals surface area contributed by atoms with E-state index in [1.54, 1.807) is 0 Å². The normalized spacial score (nSPS) is 21.2. The van der Waals surface area contributed by atoms with E-state index in [0.717, 1.165) is 19.8 Å². The molecule has 1 atom stereocenters. The third-order valence-electron chi connectivity index (χ3n) is 3.81. The first-order valence-electron chi connectivity index (χ1n) is 7.63. The zero-order valence-corrected chi connectivity index (χ0v) is 12.6. The lowest BCUT2D eigenvalue weighted by Gasteiger charge is -2.43. The highest BCUT2D eigenvalue weighted by atomic mass is 16.5. The van der Waals surface area contributed by atoms with Gasteiger partial charge in [0.05, 0.1) is 24.4 Å². The summed E-state index contributed by atoms with van der Waals surface area (Å²) in [6.45, 7) is 11.0. The second-order valence-electron chi connectivity index (χ2n) is 5.55. The standard InChI is InChI=1S/C15H31NO2/c1-5-16-14(12-17-13(3)4)15(18-6-2)10-8-7-9-11-15/h13-14,16H,5-12H2,1-4H3. The van der Waals surface area contributed by atoms with Gasteiger partial charge < -0.3 is 14.8 Å². The maximum atomic E-state index is 6.17. The van der Waals surface area contributed by atoms with E-state index < -0.39 is 0 Å². The van der Waals surface area contributed by atoms with Crippen LogP contribution in [-0.2, 0) is 9.47 Å². The van der Waals surface area contributed by atoms with Crippen LogP contribution in [0.4, 0.5) is 0 Å². The Bertz CT molecular complexity index is 207. The van der Waals surface area contributed by atoms with Crippen molar-refractivity contribution in [2.24, 2.45) is 0 Å². The van der Waals surface area contributed by atoms with E-state index in [0.29, 0.717) is 6.04 Å². The number of likely N-dealkylation sites (N-methyl/N-ethyl adjacent to an activating group) is 1. The van der Waals surface area contributed by atoms with Crippen molar-refractivity contribution in [1.29, 1.82) is 0 Å². The van der Waals surface area contributed by atoms with Gasteiger partial charge in [0.25, 0.3) is 0 Å². The van der Waals surface area contributed by atoms with Crippen molar-refractivity contribution in [3.8, 4) is 0 Å². The fourth-order valence-corrected chi connectivity index (χ4v) is 2.96. The SMILES string of the molecule is CCNC(COC(C)C)C1(OCC)CCCCC1. The van der Waals surface area contributed by atoms with Crippen LogP contribution in [0.15, 0.2) is 0 Å². The molecule has 108 valence electrons. The number of rotatable bonds is 8. The summed E-state index contributed by atoms with van der Waals surface area (Å²) in [5.41, 5.74) is -0.00208. The number of hydrogen-bond acceptors (Lipinski definition) is 3. The third kappa shape index (κ3) is 4.52. The molecule has 0 heterocycles. The van der Waals surface area contributed by atoms with Crippen molar-refractivity contribution >= 4 is 0 Å². The van der Waals surface area contributed by atoms with Crippen LogP contribution in [0.5, 0.6) is 0 Å². The lowest BCUT2D eigenvalue weighted by molar-refractivity contribution is -0.109. The summed E-state index contributed by atoms with van der Waals surface area (Å²) in [4.78, 5) is 0. The van der Waals surface area contributed by atoms with Gasteiger partial charge in [0, 0.05) is 6.61 Å². The fraction of sp³-hybridized carbons (Fsp3) is 1.00. The molecule has 0 bridgehead atoms. The van der Waals surface area contributed by atoms with Crippen LogP contribution in [-0.4, -0.2) is 37.5 Å². The van der Waals surface area contributed by atoms with Crippen LogP contribution in [0.2, 0.25) is 0 Å². The highest BCUT2D eigenvalue weighted by Crippen LogP contribution is 2.35. The Morgan fingerprint density at radius 1 is 1.11 bits per heavy atom. The molecule has 0 saturated heterocycles. The van der Waals surface area contributed by atoms with Crippen LogP contribution in [0.1, 0.15) is 59.8 Å². The lowest BCUT2D eigenvalue weighted by atomic mass is 9.79. The Morgan fingerprint density at radius 2 is 1.78 bits per heavy atom. The summed E-state index contributed by atoms with van der Waals surface area (Å²) in [7, 11) is 0. The molecule has 0 spiro atoms. The first-order valence-corrected chi connectivity index (χ1v) is 7.63. The van der Waals surface area contributed by atoms with Crippen molar-refractivity contribution in [1.82, 2.24) is 5.32 Å². The molecule has 3 nitrogen and oxygen atoms in total. The summed E-state index contributed by atoms with van der Waals surface area (Å²) in [6.07, 6.45) is 6.53. The zero-order valence-electron chi connectivity index (χ0n) is 12.6. The molecular formula is C15H31NO2. The van der Waals surface area contributed by atoms with Gasteiger partial charge in [-0.25, -0.2) is 0 Å². The summed E-state index contributed by atoms with van der Waals surface area (Å²) in [5, 5.41) is 3.58. The molecule has 1 rings (SSSR count). The van der Waals surface area contributed by atoms with Gasteiger partial charge in [-0.2, -0.15) is 0 Å². The van der Waals surface area contributed by atoms with Gasteiger partial charge >= 0.3 is 0 Å². The molecule has 0 aromatic carbocycles. The highest BCUT2D eigenvalue weighted by molar-refractivity contribution is 4.95. The van der Waals surface area contributed by atoms with Crippen molar-refractivity contribution in [2.45, 2.75) is 77.5 Å². The molecule has 18 heavy (non-hydrogen) atoms. The average Bonchev–Trinajstić information content (AvgIpc) is 2.35. The van der Waals surface area contributed by atoms with Crippen LogP contribution >= 0.6 is 0 Å². The van der Waals surface area contributed by atoms with Crippen molar-refractivity contribution in [2.75, 3.05) is 19.8 Å². The maximum absolute atomic E-state index is 6.17. The Balaban J connectivity index is 2.69. The minimum absolute atomic E-state index is 0.00208. The first-order chi connectivity index (χ1) is 8.64. The molecule has 1 aliphatic rings. The number of hydrogen-bond donors (Lipinski definition) is 1. The summed E-state index contributed by atoms with van der Waals surface area (Å²) in [6, 6.07) is 0.324. The Morgan fingerprint density at radius 3 is 2.28 bits per heavy atom. The van der Waals surface area contributed by atoms with E-state index >= 15 is 0 Å². The van der Waals surface area contributed by atoms with Gasteiger partial charge in [0.15, 0.2) is 0 Å². The molecule has 1 aliphatic carbocycles. The van der Waals surface area contributed by atoms with E-state index in [9.17, 15) is 0 Å². The van der Waals surface area contributed by atoms with Crippen molar-refractivity contribution in [3.63, 3.8) is 0 Å². The third-order valence-corrected chi connectivity index (χ3v) is 3.81. The smallest absolute Gasteiger partial charge is 0.0857 e. The topological polar surface area (TPSA) is 30.5 Å². The van der Waals surface area contributed by atoms with Gasteiger partial charge in [-0.1, -0.05) is 26.2 Å². The van der Waals surface area contributed by atoms with Crippen molar-refractivity contribution < 1.29 is 9.47 Å². The summed E-state index contributed by atoms with van der Waals surface area (Å²) in [5.74, 6) is 0. The van der Waals surface area contributed by atoms with Gasteiger partial charge in [-0.05, 0) is 40.2 Å². The zero-order chi connectivity index (χ0) is 13.4. The van der Waals surface area contributed by atoms with E-state index in [1.807, 2.05) is 0 Å². The quantitative estimate of drug-likeness (QED) is 0.724. The largest absolute Gasteiger partial charge is 0.377 e. The number of ether oxygens (including phenoxy) is 2. The molecule has 1 fully saturated rings. The molecule has 0 aromatic rings. The Kier molecular flexibility index (Phi) is 7.20. The van der Waals surface area contributed by atoms with Crippen LogP contribution in [0.3, 0.4) is 0 Å². The fourth-order valence-electron chi connectivity index (χ4n) is 2.96. The molecular weight excluding hydrogens is 226 g/mol. The van der Waals surface area contributed by atoms with Gasteiger partial charge in [-0.3, -0.25) is 0 Å². The van der Waals surface area contributed by atoms with E-state index in [4.69, 9.17) is 9.47 Å². The van der Waals surface area contributed by atoms with E-state index in [2.05, 4.69) is 33.0 Å². The molecule has 1 unspecified atom stereocenters. The summed E-state index contributed by atoms with van der Waals surface area (Å²) < 4.78 is 12.0. The van der Waals surface area contributed by atoms with Gasteiger partial charge in [0.2, 0.25) is 0 Å². The molecule has 1 saturated carbocycles. The molecule has 0 radical (unpaired) electrons.